The van der Waals surface area contributed by atoms with Crippen molar-refractivity contribution in [1.29, 1.82) is 0 Å². The summed E-state index contributed by atoms with van der Waals surface area (Å²) in [6, 6.07) is 20.8. The predicted octanol–water partition coefficient (Wildman–Crippen LogP) is 4.29. The maximum absolute atomic E-state index is 12.6. The van der Waals surface area contributed by atoms with Crippen molar-refractivity contribution in [2.24, 2.45) is 0 Å². The van der Waals surface area contributed by atoms with Gasteiger partial charge in [0, 0.05) is 29.6 Å². The molecule has 0 spiro atoms. The van der Waals surface area contributed by atoms with E-state index < -0.39 is 10.8 Å². The van der Waals surface area contributed by atoms with E-state index in [0.29, 0.717) is 28.4 Å². The van der Waals surface area contributed by atoms with Crippen LogP contribution < -0.4 is 15.4 Å². The number of rotatable bonds is 7. The molecular weight excluding hydrogens is 438 g/mol. The average Bonchev–Trinajstić information content (AvgIpc) is 3.35. The first-order valence-corrected chi connectivity index (χ1v) is 10.1. The summed E-state index contributed by atoms with van der Waals surface area (Å²) in [6.07, 6.45) is 1.58. The zero-order valence-electron chi connectivity index (χ0n) is 18.0. The SMILES string of the molecule is COc1ccccc1NC(=O)c1ccc(NC(=O)c2ccn(-c3ccc([N+](=O)[O-])cc3)n2)cc1. The van der Waals surface area contributed by atoms with E-state index in [2.05, 4.69) is 15.7 Å². The molecule has 170 valence electrons. The fourth-order valence-corrected chi connectivity index (χ4v) is 3.16. The highest BCUT2D eigenvalue weighted by molar-refractivity contribution is 6.06. The number of methoxy groups -OCH3 is 1. The van der Waals surface area contributed by atoms with E-state index in [4.69, 9.17) is 4.74 Å². The van der Waals surface area contributed by atoms with Gasteiger partial charge in [-0.15, -0.1) is 0 Å². The molecule has 2 N–H and O–H groups in total. The van der Waals surface area contributed by atoms with Crippen molar-refractivity contribution in [2.75, 3.05) is 17.7 Å². The molecule has 0 aliphatic heterocycles. The average molecular weight is 457 g/mol. The molecule has 0 bridgehead atoms. The van der Waals surface area contributed by atoms with Crippen molar-refractivity contribution < 1.29 is 19.2 Å². The van der Waals surface area contributed by atoms with Gasteiger partial charge in [0.2, 0.25) is 0 Å². The van der Waals surface area contributed by atoms with Gasteiger partial charge < -0.3 is 15.4 Å². The van der Waals surface area contributed by atoms with Gasteiger partial charge in [-0.25, -0.2) is 4.68 Å². The Kier molecular flexibility index (Phi) is 6.31. The summed E-state index contributed by atoms with van der Waals surface area (Å²) < 4.78 is 6.68. The molecule has 4 rings (SSSR count). The van der Waals surface area contributed by atoms with Crippen molar-refractivity contribution >= 4 is 28.9 Å². The molecule has 10 heteroatoms. The van der Waals surface area contributed by atoms with Crippen LogP contribution in [0.3, 0.4) is 0 Å². The molecular formula is C24H19N5O5. The van der Waals surface area contributed by atoms with Crippen LogP contribution in [-0.2, 0) is 0 Å². The molecule has 1 heterocycles. The third-order valence-corrected chi connectivity index (χ3v) is 4.91. The molecule has 2 amide bonds. The Morgan fingerprint density at radius 2 is 1.62 bits per heavy atom. The van der Waals surface area contributed by atoms with Gasteiger partial charge >= 0.3 is 0 Å². The number of amides is 2. The number of non-ortho nitro benzene ring substituents is 1. The van der Waals surface area contributed by atoms with E-state index in [0.717, 1.165) is 0 Å². The van der Waals surface area contributed by atoms with Crippen LogP contribution in [0.2, 0.25) is 0 Å². The fraction of sp³-hybridized carbons (Fsp3) is 0.0417. The number of nitrogens with zero attached hydrogens (tertiary/aromatic N) is 3. The number of ether oxygens (including phenoxy) is 1. The number of para-hydroxylation sites is 2. The van der Waals surface area contributed by atoms with E-state index in [-0.39, 0.29) is 17.3 Å². The molecule has 3 aromatic carbocycles. The summed E-state index contributed by atoms with van der Waals surface area (Å²) in [5.74, 6) is -0.205. The Morgan fingerprint density at radius 3 is 2.29 bits per heavy atom. The number of carbonyl (C=O) groups is 2. The molecule has 0 saturated heterocycles. The lowest BCUT2D eigenvalue weighted by atomic mass is 10.2. The van der Waals surface area contributed by atoms with Gasteiger partial charge in [-0.1, -0.05) is 12.1 Å². The Balaban J connectivity index is 1.40. The smallest absolute Gasteiger partial charge is 0.276 e. The monoisotopic (exact) mass is 457 g/mol. The molecule has 0 unspecified atom stereocenters. The van der Waals surface area contributed by atoms with Crippen LogP contribution in [0.1, 0.15) is 20.8 Å². The Morgan fingerprint density at radius 1 is 0.912 bits per heavy atom. The van der Waals surface area contributed by atoms with Gasteiger partial charge in [-0.2, -0.15) is 5.10 Å². The van der Waals surface area contributed by atoms with Crippen LogP contribution in [0.15, 0.2) is 85.1 Å². The molecule has 10 nitrogen and oxygen atoms in total. The number of hydrogen-bond donors (Lipinski definition) is 2. The molecule has 0 saturated carbocycles. The predicted molar refractivity (Wildman–Crippen MR) is 126 cm³/mol. The van der Waals surface area contributed by atoms with E-state index in [9.17, 15) is 19.7 Å². The molecule has 0 aliphatic rings. The van der Waals surface area contributed by atoms with E-state index in [1.54, 1.807) is 66.9 Å². The third-order valence-electron chi connectivity index (χ3n) is 4.91. The second-order valence-electron chi connectivity index (χ2n) is 7.10. The standard InChI is InChI=1S/C24H19N5O5/c1-34-22-5-3-2-4-20(22)26-23(30)16-6-8-17(9-7-16)25-24(31)21-14-15-28(27-21)18-10-12-19(13-11-18)29(32)33/h2-15H,1H3,(H,25,31)(H,26,30). The second-order valence-corrected chi connectivity index (χ2v) is 7.10. The third kappa shape index (κ3) is 4.91. The van der Waals surface area contributed by atoms with Gasteiger partial charge in [0.25, 0.3) is 17.5 Å². The highest BCUT2D eigenvalue weighted by Gasteiger charge is 2.13. The summed E-state index contributed by atoms with van der Waals surface area (Å²) in [5.41, 5.74) is 2.16. The molecule has 0 aliphatic carbocycles. The summed E-state index contributed by atoms with van der Waals surface area (Å²) in [4.78, 5) is 35.4. The second kappa shape index (κ2) is 9.65. The van der Waals surface area contributed by atoms with Crippen molar-refractivity contribution in [3.63, 3.8) is 0 Å². The van der Waals surface area contributed by atoms with Crippen molar-refractivity contribution in [3.05, 3.63) is 106 Å². The minimum Gasteiger partial charge on any atom is -0.495 e. The number of nitro groups is 1. The Bertz CT molecular complexity index is 1350. The van der Waals surface area contributed by atoms with Crippen LogP contribution >= 0.6 is 0 Å². The van der Waals surface area contributed by atoms with E-state index in [1.165, 1.54) is 30.0 Å². The number of benzene rings is 3. The number of anilines is 2. The molecule has 0 fully saturated rings. The first-order valence-electron chi connectivity index (χ1n) is 10.1. The normalized spacial score (nSPS) is 10.4. The summed E-state index contributed by atoms with van der Waals surface area (Å²) in [6.45, 7) is 0. The zero-order chi connectivity index (χ0) is 24.1. The summed E-state index contributed by atoms with van der Waals surface area (Å²) >= 11 is 0. The van der Waals surface area contributed by atoms with Crippen molar-refractivity contribution in [2.45, 2.75) is 0 Å². The summed E-state index contributed by atoms with van der Waals surface area (Å²) in [7, 11) is 1.53. The van der Waals surface area contributed by atoms with Gasteiger partial charge in [-0.05, 0) is 54.6 Å². The molecule has 0 radical (unpaired) electrons. The topological polar surface area (TPSA) is 128 Å². The van der Waals surface area contributed by atoms with Gasteiger partial charge in [0.05, 0.1) is 23.4 Å². The quantitative estimate of drug-likeness (QED) is 0.315. The first-order chi connectivity index (χ1) is 16.4. The maximum atomic E-state index is 12.6. The molecule has 0 atom stereocenters. The number of hydrogen-bond acceptors (Lipinski definition) is 6. The minimum absolute atomic E-state index is 0.0334. The van der Waals surface area contributed by atoms with E-state index >= 15 is 0 Å². The lowest BCUT2D eigenvalue weighted by molar-refractivity contribution is -0.384. The first kappa shape index (κ1) is 22.2. The fourth-order valence-electron chi connectivity index (χ4n) is 3.16. The Labute approximate surface area is 193 Å². The van der Waals surface area contributed by atoms with Gasteiger partial charge in [0.1, 0.15) is 5.75 Å². The van der Waals surface area contributed by atoms with Crippen LogP contribution in [-0.4, -0.2) is 33.6 Å². The molecule has 34 heavy (non-hydrogen) atoms. The van der Waals surface area contributed by atoms with Crippen LogP contribution in [0.4, 0.5) is 17.1 Å². The summed E-state index contributed by atoms with van der Waals surface area (Å²) in [5, 5.41) is 20.5. The lowest BCUT2D eigenvalue weighted by Crippen LogP contribution is -2.14. The highest BCUT2D eigenvalue weighted by Crippen LogP contribution is 2.24. The van der Waals surface area contributed by atoms with Crippen molar-refractivity contribution in [1.82, 2.24) is 9.78 Å². The maximum Gasteiger partial charge on any atom is 0.276 e. The number of aromatic nitrogens is 2. The Hall–Kier alpha value is -4.99. The molecule has 1 aromatic heterocycles. The number of nitro benzene ring substituents is 1. The number of nitrogens with one attached hydrogen (secondary N) is 2. The van der Waals surface area contributed by atoms with Crippen LogP contribution in [0.5, 0.6) is 5.75 Å². The van der Waals surface area contributed by atoms with Crippen LogP contribution in [0.25, 0.3) is 5.69 Å². The highest BCUT2D eigenvalue weighted by atomic mass is 16.6. The van der Waals surface area contributed by atoms with Gasteiger partial charge in [-0.3, -0.25) is 19.7 Å². The van der Waals surface area contributed by atoms with E-state index in [1.807, 2.05) is 0 Å². The molecule has 4 aromatic rings. The van der Waals surface area contributed by atoms with Crippen LogP contribution in [0, 0.1) is 10.1 Å². The van der Waals surface area contributed by atoms with Crippen molar-refractivity contribution in [3.8, 4) is 11.4 Å². The largest absolute Gasteiger partial charge is 0.495 e. The lowest BCUT2D eigenvalue weighted by Gasteiger charge is -2.10. The minimum atomic E-state index is -0.487. The zero-order valence-corrected chi connectivity index (χ0v) is 18.0. The van der Waals surface area contributed by atoms with Gasteiger partial charge in [0.15, 0.2) is 5.69 Å². The number of carbonyl (C=O) groups excluding carboxylic acids is 2.